The number of benzene rings is 1. The average Bonchev–Trinajstić information content (AvgIpc) is 2.35. The molecule has 2 N–H and O–H groups in total. The molecule has 4 heteroatoms. The molecule has 16 heavy (non-hydrogen) atoms. The third-order valence-corrected chi connectivity index (χ3v) is 2.51. The van der Waals surface area contributed by atoms with Crippen LogP contribution in [0.15, 0.2) is 12.1 Å². The Morgan fingerprint density at radius 1 is 1.50 bits per heavy atom. The lowest BCUT2D eigenvalue weighted by Crippen LogP contribution is -2.12. The standard InChI is InChI=1S/C12H14N2O2/c1-3-9-8(6-13)4-5-10(11(9)7-14)12(15)16-2/h4-5H,3,7,14H2,1-2H3. The molecule has 1 rings (SSSR count). The zero-order valence-electron chi connectivity index (χ0n) is 9.41. The number of carbonyl (C=O) groups is 1. The first-order valence-corrected chi connectivity index (χ1v) is 5.02. The summed E-state index contributed by atoms with van der Waals surface area (Å²) in [6.45, 7) is 2.15. The number of nitrogens with two attached hydrogens (primary N) is 1. The van der Waals surface area contributed by atoms with Gasteiger partial charge in [0.15, 0.2) is 0 Å². The summed E-state index contributed by atoms with van der Waals surface area (Å²) in [6, 6.07) is 5.32. The Morgan fingerprint density at radius 3 is 2.62 bits per heavy atom. The van der Waals surface area contributed by atoms with E-state index in [2.05, 4.69) is 10.8 Å². The number of ether oxygens (including phenoxy) is 1. The van der Waals surface area contributed by atoms with Gasteiger partial charge in [0.1, 0.15) is 0 Å². The number of esters is 1. The van der Waals surface area contributed by atoms with E-state index in [-0.39, 0.29) is 6.54 Å². The smallest absolute Gasteiger partial charge is 0.338 e. The Labute approximate surface area is 94.6 Å². The number of carbonyl (C=O) groups excluding carboxylic acids is 1. The second kappa shape index (κ2) is 5.29. The average molecular weight is 218 g/mol. The molecule has 0 saturated carbocycles. The van der Waals surface area contributed by atoms with Gasteiger partial charge in [-0.3, -0.25) is 0 Å². The number of methoxy groups -OCH3 is 1. The molecule has 0 aliphatic heterocycles. The quantitative estimate of drug-likeness (QED) is 0.777. The number of hydrogen-bond acceptors (Lipinski definition) is 4. The number of nitriles is 1. The van der Waals surface area contributed by atoms with Crippen molar-refractivity contribution in [3.8, 4) is 6.07 Å². The fourth-order valence-electron chi connectivity index (χ4n) is 1.74. The van der Waals surface area contributed by atoms with Crippen LogP contribution < -0.4 is 5.73 Å². The van der Waals surface area contributed by atoms with Crippen LogP contribution in [0.3, 0.4) is 0 Å². The van der Waals surface area contributed by atoms with Crippen LogP contribution >= 0.6 is 0 Å². The molecule has 0 aliphatic rings. The second-order valence-corrected chi connectivity index (χ2v) is 3.28. The number of rotatable bonds is 3. The Morgan fingerprint density at radius 2 is 2.19 bits per heavy atom. The van der Waals surface area contributed by atoms with E-state index in [9.17, 15) is 4.79 Å². The summed E-state index contributed by atoms with van der Waals surface area (Å²) in [6.07, 6.45) is 0.667. The molecule has 0 aliphatic carbocycles. The van der Waals surface area contributed by atoms with Crippen molar-refractivity contribution < 1.29 is 9.53 Å². The highest BCUT2D eigenvalue weighted by molar-refractivity contribution is 5.91. The van der Waals surface area contributed by atoms with Gasteiger partial charge >= 0.3 is 5.97 Å². The van der Waals surface area contributed by atoms with Crippen molar-refractivity contribution in [3.05, 3.63) is 34.4 Å². The highest BCUT2D eigenvalue weighted by Crippen LogP contribution is 2.20. The molecule has 4 nitrogen and oxygen atoms in total. The Bertz CT molecular complexity index is 447. The predicted molar refractivity (Wildman–Crippen MR) is 59.8 cm³/mol. The van der Waals surface area contributed by atoms with E-state index >= 15 is 0 Å². The maximum Gasteiger partial charge on any atom is 0.338 e. The molecule has 0 heterocycles. The third kappa shape index (κ3) is 2.05. The van der Waals surface area contributed by atoms with Gasteiger partial charge in [-0.2, -0.15) is 5.26 Å². The Hall–Kier alpha value is -1.86. The normalized spacial score (nSPS) is 9.62. The Balaban J connectivity index is 3.44. The zero-order valence-corrected chi connectivity index (χ0v) is 9.41. The van der Waals surface area contributed by atoms with Crippen LogP contribution in [0.4, 0.5) is 0 Å². The van der Waals surface area contributed by atoms with Gasteiger partial charge in [0.2, 0.25) is 0 Å². The summed E-state index contributed by atoms with van der Waals surface area (Å²) in [5.74, 6) is -0.417. The summed E-state index contributed by atoms with van der Waals surface area (Å²) in [5.41, 5.74) is 8.17. The summed E-state index contributed by atoms with van der Waals surface area (Å²) in [4.78, 5) is 11.5. The molecular formula is C12H14N2O2. The minimum absolute atomic E-state index is 0.225. The SMILES string of the molecule is CCc1c(C#N)ccc(C(=O)OC)c1CN. The van der Waals surface area contributed by atoms with Crippen LogP contribution in [-0.2, 0) is 17.7 Å². The molecule has 0 saturated heterocycles. The van der Waals surface area contributed by atoms with Gasteiger partial charge in [-0.15, -0.1) is 0 Å². The highest BCUT2D eigenvalue weighted by atomic mass is 16.5. The summed E-state index contributed by atoms with van der Waals surface area (Å²) >= 11 is 0. The van der Waals surface area contributed by atoms with Gasteiger partial charge in [-0.05, 0) is 29.7 Å². The second-order valence-electron chi connectivity index (χ2n) is 3.28. The van der Waals surface area contributed by atoms with Crippen LogP contribution in [0.25, 0.3) is 0 Å². The van der Waals surface area contributed by atoms with E-state index in [1.807, 2.05) is 6.92 Å². The molecule has 0 unspecified atom stereocenters. The van der Waals surface area contributed by atoms with Crippen molar-refractivity contribution >= 4 is 5.97 Å². The topological polar surface area (TPSA) is 76.1 Å². The van der Waals surface area contributed by atoms with Crippen molar-refractivity contribution in [2.45, 2.75) is 19.9 Å². The van der Waals surface area contributed by atoms with E-state index in [0.717, 1.165) is 5.56 Å². The van der Waals surface area contributed by atoms with Gasteiger partial charge in [-0.25, -0.2) is 4.79 Å². The first-order chi connectivity index (χ1) is 7.69. The van der Waals surface area contributed by atoms with E-state index in [1.165, 1.54) is 7.11 Å². The molecule has 0 atom stereocenters. The molecule has 0 amide bonds. The number of hydrogen-bond donors (Lipinski definition) is 1. The van der Waals surface area contributed by atoms with Crippen LogP contribution in [-0.4, -0.2) is 13.1 Å². The van der Waals surface area contributed by atoms with Gasteiger partial charge < -0.3 is 10.5 Å². The fraction of sp³-hybridized carbons (Fsp3) is 0.333. The molecule has 0 radical (unpaired) electrons. The minimum Gasteiger partial charge on any atom is -0.465 e. The van der Waals surface area contributed by atoms with Crippen LogP contribution in [0.2, 0.25) is 0 Å². The molecule has 0 fully saturated rings. The first kappa shape index (κ1) is 12.2. The zero-order chi connectivity index (χ0) is 12.1. The number of nitrogens with zero attached hydrogens (tertiary/aromatic N) is 1. The van der Waals surface area contributed by atoms with Gasteiger partial charge in [0, 0.05) is 6.54 Å². The van der Waals surface area contributed by atoms with E-state index in [1.54, 1.807) is 12.1 Å². The molecule has 0 aromatic heterocycles. The van der Waals surface area contributed by atoms with Crippen molar-refractivity contribution in [1.82, 2.24) is 0 Å². The predicted octanol–water partition coefficient (Wildman–Crippen LogP) is 1.37. The maximum absolute atomic E-state index is 11.5. The first-order valence-electron chi connectivity index (χ1n) is 5.02. The van der Waals surface area contributed by atoms with Crippen LogP contribution in [0, 0.1) is 11.3 Å². The monoisotopic (exact) mass is 218 g/mol. The van der Waals surface area contributed by atoms with E-state index < -0.39 is 5.97 Å². The van der Waals surface area contributed by atoms with Crippen LogP contribution in [0.5, 0.6) is 0 Å². The molecule has 84 valence electrons. The lowest BCUT2D eigenvalue weighted by molar-refractivity contribution is 0.0599. The lowest BCUT2D eigenvalue weighted by atomic mass is 9.94. The fourth-order valence-corrected chi connectivity index (χ4v) is 1.74. The van der Waals surface area contributed by atoms with Gasteiger partial charge in [0.05, 0.1) is 24.3 Å². The van der Waals surface area contributed by atoms with E-state index in [0.29, 0.717) is 23.1 Å². The highest BCUT2D eigenvalue weighted by Gasteiger charge is 2.16. The van der Waals surface area contributed by atoms with Crippen LogP contribution in [0.1, 0.15) is 34.0 Å². The van der Waals surface area contributed by atoms with Gasteiger partial charge in [0.25, 0.3) is 0 Å². The van der Waals surface area contributed by atoms with Crippen molar-refractivity contribution in [2.75, 3.05) is 7.11 Å². The van der Waals surface area contributed by atoms with Gasteiger partial charge in [-0.1, -0.05) is 6.92 Å². The third-order valence-electron chi connectivity index (χ3n) is 2.51. The summed E-state index contributed by atoms with van der Waals surface area (Å²) < 4.78 is 4.67. The molecule has 1 aromatic carbocycles. The molecular weight excluding hydrogens is 204 g/mol. The lowest BCUT2D eigenvalue weighted by Gasteiger charge is -2.12. The van der Waals surface area contributed by atoms with Crippen molar-refractivity contribution in [1.29, 1.82) is 5.26 Å². The molecule has 0 bridgehead atoms. The molecule has 1 aromatic rings. The molecule has 0 spiro atoms. The summed E-state index contributed by atoms with van der Waals surface area (Å²) in [7, 11) is 1.33. The van der Waals surface area contributed by atoms with Crippen molar-refractivity contribution in [3.63, 3.8) is 0 Å². The maximum atomic E-state index is 11.5. The van der Waals surface area contributed by atoms with Crippen molar-refractivity contribution in [2.24, 2.45) is 5.73 Å². The van der Waals surface area contributed by atoms with E-state index in [4.69, 9.17) is 11.0 Å². The summed E-state index contributed by atoms with van der Waals surface area (Å²) in [5, 5.41) is 8.95. The Kier molecular flexibility index (Phi) is 4.03. The minimum atomic E-state index is -0.417. The largest absolute Gasteiger partial charge is 0.465 e.